The molecule has 0 bridgehead atoms. The molecular formula is C18H21N2O7P. The maximum atomic E-state index is 12.7. The van der Waals surface area contributed by atoms with Gasteiger partial charge in [0.05, 0.1) is 19.3 Å². The van der Waals surface area contributed by atoms with Gasteiger partial charge < -0.3 is 9.26 Å². The first kappa shape index (κ1) is 19.1. The Balaban J connectivity index is 1.38. The van der Waals surface area contributed by atoms with Gasteiger partial charge in [0.25, 0.3) is 5.56 Å². The molecule has 4 rings (SSSR count). The Bertz CT molecular complexity index is 1060. The molecule has 9 nitrogen and oxygen atoms in total. The monoisotopic (exact) mass is 408 g/mol. The highest BCUT2D eigenvalue weighted by Gasteiger charge is 2.37. The van der Waals surface area contributed by atoms with Crippen molar-refractivity contribution in [2.75, 3.05) is 6.61 Å². The fourth-order valence-electron chi connectivity index (χ4n) is 3.26. The molecule has 2 aliphatic heterocycles. The first-order chi connectivity index (χ1) is 13.3. The molecule has 0 aliphatic carbocycles. The van der Waals surface area contributed by atoms with Crippen LogP contribution in [-0.2, 0) is 25.0 Å². The van der Waals surface area contributed by atoms with Crippen LogP contribution < -0.4 is 15.8 Å². The number of aromatic nitrogens is 2. The van der Waals surface area contributed by atoms with Crippen LogP contribution in [0.4, 0.5) is 0 Å². The van der Waals surface area contributed by atoms with Gasteiger partial charge in [-0.05, 0) is 32.8 Å². The minimum absolute atomic E-state index is 0.00601. The van der Waals surface area contributed by atoms with Gasteiger partial charge in [-0.1, -0.05) is 17.7 Å². The van der Waals surface area contributed by atoms with E-state index in [1.807, 2.05) is 19.1 Å². The zero-order valence-electron chi connectivity index (χ0n) is 15.5. The number of ether oxygens (including phenoxy) is 1. The molecule has 10 heteroatoms. The van der Waals surface area contributed by atoms with Gasteiger partial charge >= 0.3 is 13.5 Å². The van der Waals surface area contributed by atoms with E-state index in [-0.39, 0.29) is 19.3 Å². The summed E-state index contributed by atoms with van der Waals surface area (Å²) in [6.45, 7) is 3.72. The van der Waals surface area contributed by atoms with Crippen molar-refractivity contribution >= 4 is 7.82 Å². The van der Waals surface area contributed by atoms with Gasteiger partial charge in [0.2, 0.25) is 0 Å². The summed E-state index contributed by atoms with van der Waals surface area (Å²) in [5, 5.41) is 0. The molecule has 1 saturated heterocycles. The van der Waals surface area contributed by atoms with Gasteiger partial charge in [-0.15, -0.1) is 0 Å². The Kier molecular flexibility index (Phi) is 5.01. The second-order valence-corrected chi connectivity index (χ2v) is 8.58. The molecule has 2 aromatic rings. The summed E-state index contributed by atoms with van der Waals surface area (Å²) in [6.07, 6.45) is 1.75. The highest BCUT2D eigenvalue weighted by atomic mass is 31.2. The summed E-state index contributed by atoms with van der Waals surface area (Å²) in [7, 11) is -3.72. The smallest absolute Gasteiger partial charge is 0.404 e. The van der Waals surface area contributed by atoms with Crippen LogP contribution in [0.15, 0.2) is 34.0 Å². The van der Waals surface area contributed by atoms with Crippen LogP contribution in [0, 0.1) is 13.8 Å². The average molecular weight is 408 g/mol. The van der Waals surface area contributed by atoms with Crippen LogP contribution in [-0.4, -0.2) is 22.3 Å². The van der Waals surface area contributed by atoms with Crippen LogP contribution in [0.5, 0.6) is 5.75 Å². The lowest BCUT2D eigenvalue weighted by molar-refractivity contribution is -0.0265. The van der Waals surface area contributed by atoms with Crippen molar-refractivity contribution < 1.29 is 22.9 Å². The Hall–Kier alpha value is -2.19. The van der Waals surface area contributed by atoms with Crippen molar-refractivity contribution in [3.63, 3.8) is 0 Å². The average Bonchev–Trinajstić information content (AvgIpc) is 3.12. The lowest BCUT2D eigenvalue weighted by atomic mass is 10.1. The molecule has 0 spiro atoms. The zero-order valence-corrected chi connectivity index (χ0v) is 16.4. The fraction of sp³-hybridized carbons (Fsp3) is 0.444. The lowest BCUT2D eigenvalue weighted by Gasteiger charge is -2.26. The van der Waals surface area contributed by atoms with E-state index < -0.39 is 25.3 Å². The quantitative estimate of drug-likeness (QED) is 0.775. The number of aromatic amines is 1. The molecule has 0 radical (unpaired) electrons. The second kappa shape index (κ2) is 7.33. The van der Waals surface area contributed by atoms with Gasteiger partial charge in [0.15, 0.2) is 0 Å². The molecule has 1 aromatic heterocycles. The number of phosphoric acid groups is 1. The third-order valence-electron chi connectivity index (χ3n) is 4.76. The largest absolute Gasteiger partial charge is 0.530 e. The Morgan fingerprint density at radius 1 is 1.29 bits per heavy atom. The van der Waals surface area contributed by atoms with Crippen molar-refractivity contribution in [2.24, 2.45) is 0 Å². The van der Waals surface area contributed by atoms with Crippen LogP contribution >= 0.6 is 7.82 Å². The lowest BCUT2D eigenvalue weighted by Crippen LogP contribution is -2.33. The van der Waals surface area contributed by atoms with E-state index in [0.717, 1.165) is 11.1 Å². The number of hydrogen-bond acceptors (Lipinski definition) is 7. The van der Waals surface area contributed by atoms with Crippen molar-refractivity contribution in [3.05, 3.63) is 61.9 Å². The van der Waals surface area contributed by atoms with Crippen LogP contribution in [0.25, 0.3) is 0 Å². The first-order valence-corrected chi connectivity index (χ1v) is 10.4. The normalized spacial score (nSPS) is 26.6. The van der Waals surface area contributed by atoms with Gasteiger partial charge in [0, 0.05) is 17.3 Å². The molecule has 0 amide bonds. The molecule has 150 valence electrons. The summed E-state index contributed by atoms with van der Waals surface area (Å²) in [5.41, 5.74) is 1.35. The van der Waals surface area contributed by atoms with E-state index in [9.17, 15) is 14.2 Å². The molecule has 1 N–H and O–H groups in total. The summed E-state index contributed by atoms with van der Waals surface area (Å²) in [5.74, 6) is 0.487. The van der Waals surface area contributed by atoms with Gasteiger partial charge in [-0.25, -0.2) is 9.36 Å². The number of aryl methyl sites for hydroxylation is 2. The van der Waals surface area contributed by atoms with Gasteiger partial charge in [-0.3, -0.25) is 23.4 Å². The number of H-pyrrole nitrogens is 1. The van der Waals surface area contributed by atoms with E-state index in [1.54, 1.807) is 13.0 Å². The summed E-state index contributed by atoms with van der Waals surface area (Å²) in [6, 6.07) is 5.52. The summed E-state index contributed by atoms with van der Waals surface area (Å²) < 4.78 is 36.1. The van der Waals surface area contributed by atoms with Crippen LogP contribution in [0.3, 0.4) is 0 Å². The number of benzene rings is 1. The zero-order chi connectivity index (χ0) is 19.9. The summed E-state index contributed by atoms with van der Waals surface area (Å²) in [4.78, 5) is 25.8. The number of rotatable bonds is 4. The van der Waals surface area contributed by atoms with Gasteiger partial charge in [-0.2, -0.15) is 0 Å². The van der Waals surface area contributed by atoms with Crippen molar-refractivity contribution in [1.29, 1.82) is 0 Å². The fourth-order valence-corrected chi connectivity index (χ4v) is 4.50. The summed E-state index contributed by atoms with van der Waals surface area (Å²) >= 11 is 0. The highest BCUT2D eigenvalue weighted by Crippen LogP contribution is 2.54. The topological polar surface area (TPSA) is 109 Å². The van der Waals surface area contributed by atoms with Crippen molar-refractivity contribution in [3.8, 4) is 5.75 Å². The number of hydrogen-bond donors (Lipinski definition) is 1. The van der Waals surface area contributed by atoms with E-state index in [4.69, 9.17) is 18.3 Å². The minimum atomic E-state index is -3.72. The predicted molar refractivity (Wildman–Crippen MR) is 99.4 cm³/mol. The number of nitrogens with zero attached hydrogens (tertiary/aromatic N) is 1. The Morgan fingerprint density at radius 2 is 2.11 bits per heavy atom. The van der Waals surface area contributed by atoms with Gasteiger partial charge in [0.1, 0.15) is 12.0 Å². The molecule has 0 saturated carbocycles. The number of nitrogens with one attached hydrogen (secondary N) is 1. The standard InChI is InChI=1S/C18H21N2O7P/c1-11-3-5-15-13(7-11)9-24-28(23,27-15)25-10-14-4-6-16(26-14)20-8-12(2)17(21)19-18(20)22/h3,5,7-8,14,16H,4,6,9-10H2,1-2H3,(H,19,21,22)/t14-,16+,28?/m0/s1. The number of fused-ring (bicyclic) bond motifs is 1. The van der Waals surface area contributed by atoms with E-state index in [2.05, 4.69) is 4.98 Å². The van der Waals surface area contributed by atoms with Crippen LogP contribution in [0.2, 0.25) is 0 Å². The molecule has 1 fully saturated rings. The van der Waals surface area contributed by atoms with E-state index in [1.165, 1.54) is 10.8 Å². The first-order valence-electron chi connectivity index (χ1n) is 8.99. The third kappa shape index (κ3) is 3.84. The molecule has 1 unspecified atom stereocenters. The van der Waals surface area contributed by atoms with Crippen molar-refractivity contribution in [2.45, 2.75) is 45.6 Å². The second-order valence-electron chi connectivity index (χ2n) is 6.99. The molecule has 3 atom stereocenters. The van der Waals surface area contributed by atoms with Crippen molar-refractivity contribution in [1.82, 2.24) is 9.55 Å². The SMILES string of the molecule is Cc1ccc2c(c1)COP(=O)(OC[C@@H]1CC[C@H](n3cc(C)c(=O)[nH]c3=O)O1)O2. The Labute approximate surface area is 160 Å². The Morgan fingerprint density at radius 3 is 2.93 bits per heavy atom. The maximum Gasteiger partial charge on any atom is 0.530 e. The number of phosphoric ester groups is 1. The molecule has 28 heavy (non-hydrogen) atoms. The van der Waals surface area contributed by atoms with Crippen LogP contribution in [0.1, 0.15) is 35.8 Å². The van der Waals surface area contributed by atoms with E-state index in [0.29, 0.717) is 24.2 Å². The van der Waals surface area contributed by atoms with E-state index >= 15 is 0 Å². The highest BCUT2D eigenvalue weighted by molar-refractivity contribution is 7.49. The third-order valence-corrected chi connectivity index (χ3v) is 6.10. The molecular weight excluding hydrogens is 387 g/mol. The molecule has 3 heterocycles. The minimum Gasteiger partial charge on any atom is -0.404 e. The molecule has 1 aromatic carbocycles. The predicted octanol–water partition coefficient (Wildman–Crippen LogP) is 2.56. The molecule has 2 aliphatic rings. The maximum absolute atomic E-state index is 12.7.